The van der Waals surface area contributed by atoms with E-state index in [0.717, 1.165) is 57.9 Å². The zero-order chi connectivity index (χ0) is 39.1. The predicted octanol–water partition coefficient (Wildman–Crippen LogP) is 9.71. The highest BCUT2D eigenvalue weighted by Gasteiger charge is 2.41. The first-order chi connectivity index (χ1) is 27.2. The first-order valence-corrected chi connectivity index (χ1v) is 19.0. The molecule has 10 nitrogen and oxygen atoms in total. The van der Waals surface area contributed by atoms with Gasteiger partial charge < -0.3 is 10.2 Å². The minimum Gasteiger partial charge on any atom is -0.369 e. The van der Waals surface area contributed by atoms with Gasteiger partial charge in [-0.25, -0.2) is 9.78 Å². The van der Waals surface area contributed by atoms with Crippen LogP contribution in [0.5, 0.6) is 0 Å². The van der Waals surface area contributed by atoms with Crippen LogP contribution in [-0.2, 0) is 5.54 Å². The summed E-state index contributed by atoms with van der Waals surface area (Å²) >= 11 is 0. The molecular formula is C46H47N9O. The summed E-state index contributed by atoms with van der Waals surface area (Å²) in [4.78, 5) is 26.2. The second kappa shape index (κ2) is 16.8. The molecule has 10 heteroatoms. The highest BCUT2D eigenvalue weighted by molar-refractivity contribution is 6.02. The molecule has 0 unspecified atom stereocenters. The maximum Gasteiger partial charge on any atom is 0.324 e. The quantitative estimate of drug-likeness (QED) is 0.113. The van der Waals surface area contributed by atoms with Gasteiger partial charge in [0.15, 0.2) is 11.4 Å². The van der Waals surface area contributed by atoms with Crippen molar-refractivity contribution in [2.45, 2.75) is 40.2 Å². The normalized spacial score (nSPS) is 11.5. The zero-order valence-electron chi connectivity index (χ0n) is 32.5. The monoisotopic (exact) mass is 741 g/mol. The number of hydrogen-bond donors (Lipinski definition) is 2. The third-order valence-corrected chi connectivity index (χ3v) is 9.55. The van der Waals surface area contributed by atoms with E-state index in [1.165, 1.54) is 0 Å². The lowest BCUT2D eigenvalue weighted by atomic mass is 9.77. The molecule has 0 aliphatic carbocycles. The summed E-state index contributed by atoms with van der Waals surface area (Å²) in [5.74, 6) is 1.65. The maximum absolute atomic E-state index is 13.5. The zero-order valence-corrected chi connectivity index (χ0v) is 32.5. The van der Waals surface area contributed by atoms with Gasteiger partial charge in [-0.05, 0) is 63.9 Å². The van der Waals surface area contributed by atoms with Crippen LogP contribution in [0.15, 0.2) is 146 Å². The Morgan fingerprint density at radius 1 is 0.679 bits per heavy atom. The number of rotatable bonds is 13. The van der Waals surface area contributed by atoms with E-state index in [9.17, 15) is 4.79 Å². The molecule has 2 aromatic heterocycles. The van der Waals surface area contributed by atoms with Crippen molar-refractivity contribution in [3.8, 4) is 22.5 Å². The Morgan fingerprint density at radius 2 is 1.23 bits per heavy atom. The summed E-state index contributed by atoms with van der Waals surface area (Å²) in [6, 6.07) is 44.8. The molecular weight excluding hydrogens is 695 g/mol. The Hall–Kier alpha value is -6.68. The number of hydrogen-bond acceptors (Lipinski definition) is 7. The van der Waals surface area contributed by atoms with E-state index in [4.69, 9.17) is 15.4 Å². The lowest BCUT2D eigenvalue weighted by Crippen LogP contribution is -2.39. The standard InChI is InChI=1S/C46H47N9O/c1-32(2)30-54(31-33(3)4)42-26-25-35(27-41(42)49-45(56)50-43-29-47-34(5)28-48-43)39-23-15-16-24-40(39)44-51-53-55(52-44)46(36-17-9-6-10-18-36,37-19-11-7-12-20-37)38-21-13-8-14-22-38/h6-29,32-33H,30-31H2,1-5H3,(H2,48,49,50,56). The Labute approximate surface area is 328 Å². The van der Waals surface area contributed by atoms with Gasteiger partial charge in [0.2, 0.25) is 5.82 Å². The molecule has 0 aliphatic rings. The van der Waals surface area contributed by atoms with Crippen molar-refractivity contribution in [2.75, 3.05) is 28.6 Å². The molecule has 56 heavy (non-hydrogen) atoms. The van der Waals surface area contributed by atoms with E-state index in [1.54, 1.807) is 17.2 Å². The van der Waals surface area contributed by atoms with E-state index >= 15 is 0 Å². The number of amides is 2. The topological polar surface area (TPSA) is 114 Å². The molecule has 5 aromatic carbocycles. The van der Waals surface area contributed by atoms with Crippen LogP contribution in [0.1, 0.15) is 50.1 Å². The second-order valence-electron chi connectivity index (χ2n) is 14.8. The van der Waals surface area contributed by atoms with Crippen molar-refractivity contribution in [3.63, 3.8) is 0 Å². The molecule has 0 fully saturated rings. The summed E-state index contributed by atoms with van der Waals surface area (Å²) in [7, 11) is 0. The number of carbonyl (C=O) groups is 1. The number of nitrogens with zero attached hydrogens (tertiary/aromatic N) is 7. The van der Waals surface area contributed by atoms with Crippen molar-refractivity contribution in [1.29, 1.82) is 0 Å². The fourth-order valence-corrected chi connectivity index (χ4v) is 7.24. The first-order valence-electron chi connectivity index (χ1n) is 19.0. The Bertz CT molecular complexity index is 2250. The number of aromatic nitrogens is 6. The number of carbonyl (C=O) groups excluding carboxylic acids is 1. The minimum absolute atomic E-state index is 0.365. The highest BCUT2D eigenvalue weighted by Crippen LogP contribution is 2.41. The van der Waals surface area contributed by atoms with Crippen LogP contribution in [0.25, 0.3) is 22.5 Å². The number of benzene rings is 5. The summed E-state index contributed by atoms with van der Waals surface area (Å²) in [5, 5.41) is 20.7. The van der Waals surface area contributed by atoms with E-state index in [0.29, 0.717) is 29.2 Å². The molecule has 0 saturated heterocycles. The van der Waals surface area contributed by atoms with Crippen LogP contribution in [0.4, 0.5) is 22.0 Å². The largest absolute Gasteiger partial charge is 0.369 e. The smallest absolute Gasteiger partial charge is 0.324 e. The minimum atomic E-state index is -0.909. The molecule has 7 aromatic rings. The molecule has 0 atom stereocenters. The molecule has 0 spiro atoms. The van der Waals surface area contributed by atoms with Crippen LogP contribution in [-0.4, -0.2) is 49.3 Å². The first kappa shape index (κ1) is 37.6. The molecule has 0 saturated carbocycles. The molecule has 2 N–H and O–H groups in total. The van der Waals surface area contributed by atoms with Crippen LogP contribution < -0.4 is 15.5 Å². The Balaban J connectivity index is 1.34. The van der Waals surface area contributed by atoms with Crippen molar-refractivity contribution in [2.24, 2.45) is 11.8 Å². The molecule has 0 bridgehead atoms. The third-order valence-electron chi connectivity index (χ3n) is 9.55. The SMILES string of the molecule is Cc1cnc(NC(=O)Nc2cc(-c3ccccc3-c3nnn(C(c4ccccc4)(c4ccccc4)c4ccccc4)n3)ccc2N(CC(C)C)CC(C)C)cn1. The summed E-state index contributed by atoms with van der Waals surface area (Å²) in [5.41, 5.74) is 7.06. The van der Waals surface area contributed by atoms with E-state index in [-0.39, 0.29) is 0 Å². The summed E-state index contributed by atoms with van der Waals surface area (Å²) in [6.45, 7) is 12.3. The highest BCUT2D eigenvalue weighted by atomic mass is 16.2. The second-order valence-corrected chi connectivity index (χ2v) is 14.8. The van der Waals surface area contributed by atoms with E-state index in [2.05, 4.69) is 108 Å². The van der Waals surface area contributed by atoms with Gasteiger partial charge in [0.1, 0.15) is 0 Å². The van der Waals surface area contributed by atoms with Crippen molar-refractivity contribution < 1.29 is 4.79 Å². The molecule has 0 aliphatic heterocycles. The molecule has 0 radical (unpaired) electrons. The van der Waals surface area contributed by atoms with Crippen LogP contribution in [0.2, 0.25) is 0 Å². The molecule has 2 heterocycles. The van der Waals surface area contributed by atoms with Crippen LogP contribution in [0.3, 0.4) is 0 Å². The molecule has 7 rings (SSSR count). The fraction of sp³-hybridized carbons (Fsp3) is 0.217. The van der Waals surface area contributed by atoms with Crippen LogP contribution in [0, 0.1) is 18.8 Å². The average Bonchev–Trinajstić information content (AvgIpc) is 3.70. The fourth-order valence-electron chi connectivity index (χ4n) is 7.24. The average molecular weight is 742 g/mol. The van der Waals surface area contributed by atoms with Gasteiger partial charge in [0.05, 0.1) is 29.5 Å². The Kier molecular flexibility index (Phi) is 11.3. The lowest BCUT2D eigenvalue weighted by molar-refractivity contribution is 0.262. The van der Waals surface area contributed by atoms with Gasteiger partial charge in [-0.3, -0.25) is 10.3 Å². The van der Waals surface area contributed by atoms with Gasteiger partial charge >= 0.3 is 6.03 Å². The molecule has 2 amide bonds. The van der Waals surface area contributed by atoms with E-state index in [1.807, 2.05) is 85.8 Å². The Morgan fingerprint density at radius 3 is 1.77 bits per heavy atom. The van der Waals surface area contributed by atoms with Crippen LogP contribution >= 0.6 is 0 Å². The van der Waals surface area contributed by atoms with Gasteiger partial charge in [-0.1, -0.05) is 149 Å². The van der Waals surface area contributed by atoms with Crippen molar-refractivity contribution in [1.82, 2.24) is 30.2 Å². The summed E-state index contributed by atoms with van der Waals surface area (Å²) in [6.07, 6.45) is 3.17. The third kappa shape index (κ3) is 8.05. The van der Waals surface area contributed by atoms with Crippen molar-refractivity contribution >= 4 is 23.2 Å². The number of nitrogens with one attached hydrogen (secondary N) is 2. The van der Waals surface area contributed by atoms with E-state index < -0.39 is 11.6 Å². The van der Waals surface area contributed by atoms with Gasteiger partial charge in [-0.15, -0.1) is 15.0 Å². The number of aryl methyl sites for hydroxylation is 1. The number of tetrazole rings is 1. The molecule has 282 valence electrons. The van der Waals surface area contributed by atoms with Gasteiger partial charge in [0.25, 0.3) is 0 Å². The van der Waals surface area contributed by atoms with Gasteiger partial charge in [0, 0.05) is 18.7 Å². The van der Waals surface area contributed by atoms with Gasteiger partial charge in [-0.2, -0.15) is 0 Å². The number of urea groups is 1. The van der Waals surface area contributed by atoms with Crippen molar-refractivity contribution in [3.05, 3.63) is 168 Å². The summed E-state index contributed by atoms with van der Waals surface area (Å²) < 4.78 is 0. The lowest BCUT2D eigenvalue weighted by Gasteiger charge is -2.34. The maximum atomic E-state index is 13.5. The predicted molar refractivity (Wildman–Crippen MR) is 225 cm³/mol. The number of anilines is 3.